The number of carboxylic acids is 1. The Balaban J connectivity index is 0.000000658. The first-order chi connectivity index (χ1) is 16.9. The molecule has 2 aliphatic heterocycles. The van der Waals surface area contributed by atoms with Gasteiger partial charge in [0.05, 0.1) is 0 Å². The van der Waals surface area contributed by atoms with E-state index < -0.39 is 39.6 Å². The van der Waals surface area contributed by atoms with E-state index in [1.807, 2.05) is 0 Å². The molecule has 36 heavy (non-hydrogen) atoms. The van der Waals surface area contributed by atoms with Crippen molar-refractivity contribution >= 4 is 85.4 Å². The van der Waals surface area contributed by atoms with Crippen molar-refractivity contribution in [1.29, 1.82) is 0 Å². The molecule has 0 saturated carbocycles. The van der Waals surface area contributed by atoms with Crippen molar-refractivity contribution < 1.29 is 42.2 Å². The number of thioether (sulfide) groups is 2. The summed E-state index contributed by atoms with van der Waals surface area (Å²) in [6.45, 7) is 0. The highest BCUT2D eigenvalue weighted by Crippen LogP contribution is 2.41. The largest absolute Gasteiger partial charge is 0.477 e. The lowest BCUT2D eigenvalue weighted by Crippen LogP contribution is -2.71. The molecule has 194 valence electrons. The van der Waals surface area contributed by atoms with Crippen LogP contribution in [0.4, 0.5) is 5.13 Å². The molecule has 0 spiro atoms. The number of amides is 2. The third-order valence-electron chi connectivity index (χ3n) is 4.33. The molecule has 0 bridgehead atoms. The molecule has 7 N–H and O–H groups in total. The number of carbonyl (C=O) groups is 3. The Bertz CT molecular complexity index is 1320. The second-order valence-electron chi connectivity index (χ2n) is 6.58. The molecular weight excluding hydrogens is 583 g/mol. The number of anilines is 1. The van der Waals surface area contributed by atoms with Crippen LogP contribution in [0.15, 0.2) is 32.5 Å². The Morgan fingerprint density at radius 1 is 1.36 bits per heavy atom. The molecule has 0 aliphatic carbocycles. The smallest absolute Gasteiger partial charge is 0.394 e. The van der Waals surface area contributed by atoms with Crippen LogP contribution in [0.3, 0.4) is 0 Å². The predicted molar refractivity (Wildman–Crippen MR) is 129 cm³/mol. The number of thiazole rings is 1. The van der Waals surface area contributed by atoms with Gasteiger partial charge in [-0.1, -0.05) is 16.9 Å². The Hall–Kier alpha value is -2.82. The minimum absolute atomic E-state index is 0.0736. The van der Waals surface area contributed by atoms with Crippen LogP contribution in [0.1, 0.15) is 5.69 Å². The number of rotatable bonds is 7. The number of nitrogens with two attached hydrogens (primary N) is 1. The molecule has 0 radical (unpaired) electrons. The summed E-state index contributed by atoms with van der Waals surface area (Å²) in [5.41, 5.74) is 5.73. The highest BCUT2D eigenvalue weighted by molar-refractivity contribution is 8.01. The van der Waals surface area contributed by atoms with Crippen LogP contribution in [0.25, 0.3) is 0 Å². The van der Waals surface area contributed by atoms with Gasteiger partial charge in [-0.05, 0) is 17.1 Å². The summed E-state index contributed by atoms with van der Waals surface area (Å²) in [6.07, 6.45) is 1.42. The Labute approximate surface area is 218 Å². The SMILES string of the molecule is Nc1nc(C(=NO)C(=O)NC2C(=O)N3C(C(=O)O)=C(CSc4ncns4)CS[C@@H]23)cs1.O=S(=O)(O)O. The zero-order valence-electron chi connectivity index (χ0n) is 17.4. The molecule has 4 rings (SSSR count). The van der Waals surface area contributed by atoms with Crippen molar-refractivity contribution in [1.82, 2.24) is 24.6 Å². The molecule has 2 aliphatic rings. The van der Waals surface area contributed by atoms with Gasteiger partial charge in [0, 0.05) is 16.9 Å². The van der Waals surface area contributed by atoms with E-state index >= 15 is 0 Å². The summed E-state index contributed by atoms with van der Waals surface area (Å²) >= 11 is 4.95. The van der Waals surface area contributed by atoms with E-state index in [9.17, 15) is 24.7 Å². The van der Waals surface area contributed by atoms with Crippen LogP contribution in [0.2, 0.25) is 0 Å². The third kappa shape index (κ3) is 6.68. The van der Waals surface area contributed by atoms with Crippen LogP contribution in [-0.4, -0.2) is 93.5 Å². The zero-order chi connectivity index (χ0) is 26.6. The number of hydrogen-bond donors (Lipinski definition) is 6. The van der Waals surface area contributed by atoms with Gasteiger partial charge in [0.15, 0.2) is 15.2 Å². The topological polar surface area (TPSA) is 259 Å². The number of nitrogen functional groups attached to an aromatic ring is 1. The first kappa shape index (κ1) is 27.8. The Morgan fingerprint density at radius 3 is 2.58 bits per heavy atom. The van der Waals surface area contributed by atoms with E-state index in [1.54, 1.807) is 0 Å². The summed E-state index contributed by atoms with van der Waals surface area (Å²) in [7, 11) is -4.67. The van der Waals surface area contributed by atoms with Crippen LogP contribution < -0.4 is 11.1 Å². The van der Waals surface area contributed by atoms with Crippen LogP contribution >= 0.6 is 46.4 Å². The predicted octanol–water partition coefficient (Wildman–Crippen LogP) is -0.367. The second-order valence-corrected chi connectivity index (χ2v) is 11.5. The Morgan fingerprint density at radius 2 is 2.06 bits per heavy atom. The van der Waals surface area contributed by atoms with Crippen molar-refractivity contribution in [2.75, 3.05) is 17.2 Å². The van der Waals surface area contributed by atoms with Gasteiger partial charge in [-0.25, -0.2) is 14.8 Å². The number of nitrogens with one attached hydrogen (secondary N) is 1. The first-order valence-corrected chi connectivity index (χ1v) is 14.2. The molecule has 0 aromatic carbocycles. The van der Waals surface area contributed by atoms with Gasteiger partial charge in [-0.3, -0.25) is 23.6 Å². The highest BCUT2D eigenvalue weighted by atomic mass is 32.3. The van der Waals surface area contributed by atoms with E-state index in [0.717, 1.165) is 11.3 Å². The molecule has 1 unspecified atom stereocenters. The Kier molecular flexibility index (Phi) is 8.86. The van der Waals surface area contributed by atoms with Gasteiger partial charge in [0.2, 0.25) is 0 Å². The average molecular weight is 598 g/mol. The minimum Gasteiger partial charge on any atom is -0.477 e. The van der Waals surface area contributed by atoms with Gasteiger partial charge in [-0.2, -0.15) is 12.8 Å². The van der Waals surface area contributed by atoms with Gasteiger partial charge >= 0.3 is 16.4 Å². The first-order valence-electron chi connectivity index (χ1n) is 9.14. The standard InChI is InChI=1S/C15H13N7O5S4.H2O4S/c16-14-19-6(3-29-14)7(21-27)10(23)20-8-11(24)22-9(13(25)26)5(1-28-12(8)22)2-30-15-17-4-18-31-15;1-5(2,3)4/h3-4,8,12,27H,1-2H2,(H2,16,19)(H,20,23)(H,25,26);(H2,1,2,3,4)/t8?,12-;/m0./s1. The maximum atomic E-state index is 12.7. The second kappa shape index (κ2) is 11.5. The molecule has 21 heteroatoms. The van der Waals surface area contributed by atoms with Crippen molar-refractivity contribution in [3.63, 3.8) is 0 Å². The van der Waals surface area contributed by atoms with E-state index in [0.29, 0.717) is 21.4 Å². The minimum atomic E-state index is -4.67. The van der Waals surface area contributed by atoms with Crippen molar-refractivity contribution in [2.24, 2.45) is 5.16 Å². The van der Waals surface area contributed by atoms with Gasteiger partial charge in [0.1, 0.15) is 29.1 Å². The number of nitrogens with zero attached hydrogens (tertiary/aromatic N) is 5. The quantitative estimate of drug-likeness (QED) is 0.0594. The van der Waals surface area contributed by atoms with Crippen molar-refractivity contribution in [2.45, 2.75) is 15.8 Å². The lowest BCUT2D eigenvalue weighted by molar-refractivity contribution is -0.150. The number of aliphatic carboxylic acids is 1. The van der Waals surface area contributed by atoms with Gasteiger partial charge in [0.25, 0.3) is 11.8 Å². The fourth-order valence-electron chi connectivity index (χ4n) is 2.99. The summed E-state index contributed by atoms with van der Waals surface area (Å²) in [5, 5.41) is 25.4. The fraction of sp³-hybridized carbons (Fsp3) is 0.267. The number of β-lactam (4-membered cyclic amide) rings is 1. The molecule has 2 aromatic heterocycles. The van der Waals surface area contributed by atoms with Crippen LogP contribution in [-0.2, 0) is 24.8 Å². The van der Waals surface area contributed by atoms with Gasteiger partial charge < -0.3 is 21.4 Å². The van der Waals surface area contributed by atoms with E-state index in [1.165, 1.54) is 51.7 Å². The fourth-order valence-corrected chi connectivity index (χ4v) is 6.47. The normalized spacial score (nSPS) is 19.7. The molecular formula is C15H15N7O9S5. The maximum absolute atomic E-state index is 12.7. The number of hydrogen-bond acceptors (Lipinski definition) is 15. The van der Waals surface area contributed by atoms with E-state index in [-0.39, 0.29) is 22.2 Å². The monoisotopic (exact) mass is 597 g/mol. The number of oxime groups is 1. The zero-order valence-corrected chi connectivity index (χ0v) is 21.5. The highest BCUT2D eigenvalue weighted by Gasteiger charge is 2.54. The number of carboxylic acid groups (broad SMARTS) is 1. The summed E-state index contributed by atoms with van der Waals surface area (Å²) in [4.78, 5) is 46.2. The molecule has 2 aromatic rings. The lowest BCUT2D eigenvalue weighted by atomic mass is 10.0. The third-order valence-corrected chi connectivity index (χ3v) is 8.22. The average Bonchev–Trinajstić information content (AvgIpc) is 3.46. The van der Waals surface area contributed by atoms with E-state index in [2.05, 4.69) is 24.8 Å². The van der Waals surface area contributed by atoms with Crippen molar-refractivity contribution in [3.8, 4) is 0 Å². The summed E-state index contributed by atoms with van der Waals surface area (Å²) in [6, 6.07) is -0.961. The summed E-state index contributed by atoms with van der Waals surface area (Å²) in [5.74, 6) is -1.87. The molecule has 1 fully saturated rings. The lowest BCUT2D eigenvalue weighted by Gasteiger charge is -2.49. The molecule has 4 heterocycles. The molecule has 2 atom stereocenters. The molecule has 16 nitrogen and oxygen atoms in total. The molecule has 1 saturated heterocycles. The number of aromatic nitrogens is 3. The number of fused-ring (bicyclic) bond motifs is 1. The van der Waals surface area contributed by atoms with Crippen molar-refractivity contribution in [3.05, 3.63) is 28.7 Å². The maximum Gasteiger partial charge on any atom is 0.394 e. The van der Waals surface area contributed by atoms with Crippen LogP contribution in [0, 0.1) is 0 Å². The van der Waals surface area contributed by atoms with Crippen LogP contribution in [0.5, 0.6) is 0 Å². The molecule has 2 amide bonds. The number of carbonyl (C=O) groups excluding carboxylic acids is 2. The van der Waals surface area contributed by atoms with Gasteiger partial charge in [-0.15, -0.1) is 23.1 Å². The van der Waals surface area contributed by atoms with E-state index in [4.69, 9.17) is 23.3 Å². The summed E-state index contributed by atoms with van der Waals surface area (Å²) < 4.78 is 36.2.